The van der Waals surface area contributed by atoms with Crippen molar-refractivity contribution >= 4 is 50.7 Å². The average molecular weight is 623 g/mol. The van der Waals surface area contributed by atoms with Gasteiger partial charge < -0.3 is 19.7 Å². The van der Waals surface area contributed by atoms with E-state index in [-0.39, 0.29) is 33.9 Å². The van der Waals surface area contributed by atoms with Crippen molar-refractivity contribution in [2.45, 2.75) is 44.3 Å². The molecule has 0 fully saturated rings. The topological polar surface area (TPSA) is 105 Å². The summed E-state index contributed by atoms with van der Waals surface area (Å²) in [4.78, 5) is 28.3. The Bertz CT molecular complexity index is 1480. The second kappa shape index (κ2) is 13.9. The van der Waals surface area contributed by atoms with Crippen LogP contribution < -0.4 is 19.1 Å². The molecule has 0 aromatic heterocycles. The normalized spacial score (nSPS) is 12.0. The lowest BCUT2D eigenvalue weighted by atomic mass is 10.1. The molecule has 0 spiro atoms. The molecule has 0 heterocycles. The number of ether oxygens (including phenoxy) is 2. The van der Waals surface area contributed by atoms with Crippen molar-refractivity contribution in [2.75, 3.05) is 25.1 Å². The number of carbonyl (C=O) groups excluding carboxylic acids is 2. The molecule has 0 bridgehead atoms. The zero-order valence-corrected chi connectivity index (χ0v) is 25.8. The molecule has 0 radical (unpaired) electrons. The highest BCUT2D eigenvalue weighted by molar-refractivity contribution is 7.92. The zero-order chi connectivity index (χ0) is 30.3. The van der Waals surface area contributed by atoms with E-state index in [9.17, 15) is 18.0 Å². The molecular formula is C29H33Cl2N3O6S. The monoisotopic (exact) mass is 621 g/mol. The van der Waals surface area contributed by atoms with Gasteiger partial charge in [0.2, 0.25) is 11.8 Å². The minimum Gasteiger partial charge on any atom is -0.497 e. The number of hydrogen-bond donors (Lipinski definition) is 1. The molecule has 1 atom stereocenters. The lowest BCUT2D eigenvalue weighted by Gasteiger charge is -2.32. The van der Waals surface area contributed by atoms with Gasteiger partial charge in [-0.05, 0) is 74.9 Å². The van der Waals surface area contributed by atoms with Crippen LogP contribution in [0.15, 0.2) is 71.6 Å². The van der Waals surface area contributed by atoms with Crippen molar-refractivity contribution in [3.05, 3.63) is 82.3 Å². The van der Waals surface area contributed by atoms with Crippen LogP contribution in [0.4, 0.5) is 5.69 Å². The van der Waals surface area contributed by atoms with Gasteiger partial charge in [0, 0.05) is 12.6 Å². The second-order valence-corrected chi connectivity index (χ2v) is 12.1. The molecule has 0 unspecified atom stereocenters. The highest BCUT2D eigenvalue weighted by Crippen LogP contribution is 2.33. The van der Waals surface area contributed by atoms with Gasteiger partial charge in [0.25, 0.3) is 10.0 Å². The SMILES string of the molecule is COc1ccc(S(=O)(=O)N(CC(=O)N(Cc2ccc(Cl)c(Cl)c2)[C@H](C)C(=O)NC(C)C)c2ccccc2OC)cc1. The van der Waals surface area contributed by atoms with Crippen LogP contribution in [0.2, 0.25) is 10.0 Å². The Hall–Kier alpha value is -3.47. The maximum atomic E-state index is 14.0. The minimum atomic E-state index is -4.28. The van der Waals surface area contributed by atoms with Gasteiger partial charge in [-0.25, -0.2) is 8.42 Å². The van der Waals surface area contributed by atoms with Crippen molar-refractivity contribution in [2.24, 2.45) is 0 Å². The molecule has 3 aromatic rings. The van der Waals surface area contributed by atoms with Gasteiger partial charge in [-0.2, -0.15) is 0 Å². The molecule has 1 N–H and O–H groups in total. The number of benzene rings is 3. The Balaban J connectivity index is 2.08. The van der Waals surface area contributed by atoms with Crippen LogP contribution in [0.25, 0.3) is 0 Å². The third-order valence-electron chi connectivity index (χ3n) is 6.22. The average Bonchev–Trinajstić information content (AvgIpc) is 2.95. The summed E-state index contributed by atoms with van der Waals surface area (Å²) < 4.78 is 39.6. The predicted octanol–water partition coefficient (Wildman–Crippen LogP) is 5.15. The minimum absolute atomic E-state index is 0.0231. The molecule has 220 valence electrons. The fraction of sp³-hybridized carbons (Fsp3) is 0.310. The van der Waals surface area contributed by atoms with Crippen LogP contribution >= 0.6 is 23.2 Å². The molecule has 0 aliphatic rings. The van der Waals surface area contributed by atoms with Crippen LogP contribution in [0, 0.1) is 0 Å². The van der Waals surface area contributed by atoms with E-state index in [1.54, 1.807) is 63.2 Å². The first-order valence-corrected chi connectivity index (χ1v) is 14.9. The van der Waals surface area contributed by atoms with Gasteiger partial charge in [0.1, 0.15) is 24.1 Å². The van der Waals surface area contributed by atoms with E-state index in [4.69, 9.17) is 32.7 Å². The molecule has 0 aliphatic carbocycles. The Kier molecular flexibility index (Phi) is 10.9. The van der Waals surface area contributed by atoms with Gasteiger partial charge in [-0.3, -0.25) is 13.9 Å². The van der Waals surface area contributed by atoms with E-state index in [1.807, 2.05) is 0 Å². The van der Waals surface area contributed by atoms with Gasteiger partial charge in [-0.15, -0.1) is 0 Å². The Morgan fingerprint density at radius 2 is 1.56 bits per heavy atom. The number of sulfonamides is 1. The summed E-state index contributed by atoms with van der Waals surface area (Å²) in [6.07, 6.45) is 0. The summed E-state index contributed by atoms with van der Waals surface area (Å²) in [5.41, 5.74) is 0.770. The van der Waals surface area contributed by atoms with Crippen molar-refractivity contribution in [3.63, 3.8) is 0 Å². The van der Waals surface area contributed by atoms with Crippen LogP contribution in [0.1, 0.15) is 26.3 Å². The quantitative estimate of drug-likeness (QED) is 0.300. The summed E-state index contributed by atoms with van der Waals surface area (Å²) in [6, 6.07) is 16.1. The summed E-state index contributed by atoms with van der Waals surface area (Å²) in [5.74, 6) is -0.290. The van der Waals surface area contributed by atoms with Crippen LogP contribution in [0.5, 0.6) is 11.5 Å². The lowest BCUT2D eigenvalue weighted by Crippen LogP contribution is -2.52. The standard InChI is InChI=1S/C29H33Cl2N3O6S/c1-19(2)32-29(36)20(3)33(17-21-10-15-24(30)25(31)16-21)28(35)18-34(26-8-6-7-9-27(26)40-5)41(37,38)23-13-11-22(39-4)12-14-23/h6-16,19-20H,17-18H2,1-5H3,(H,32,36)/t20-/m1/s1. The highest BCUT2D eigenvalue weighted by atomic mass is 35.5. The molecule has 3 aromatic carbocycles. The first-order chi connectivity index (χ1) is 19.4. The second-order valence-electron chi connectivity index (χ2n) is 9.47. The molecule has 0 saturated heterocycles. The van der Waals surface area contributed by atoms with E-state index in [1.165, 1.54) is 43.4 Å². The molecule has 2 amide bonds. The molecule has 0 aliphatic heterocycles. The number of methoxy groups -OCH3 is 2. The molecule has 41 heavy (non-hydrogen) atoms. The summed E-state index contributed by atoms with van der Waals surface area (Å²) >= 11 is 12.3. The van der Waals surface area contributed by atoms with Crippen molar-refractivity contribution < 1.29 is 27.5 Å². The Morgan fingerprint density at radius 1 is 0.902 bits per heavy atom. The number of anilines is 1. The molecule has 3 rings (SSSR count). The number of carbonyl (C=O) groups is 2. The fourth-order valence-corrected chi connectivity index (χ4v) is 5.79. The van der Waals surface area contributed by atoms with Crippen molar-refractivity contribution in [1.82, 2.24) is 10.2 Å². The number of para-hydroxylation sites is 2. The first-order valence-electron chi connectivity index (χ1n) is 12.7. The number of hydrogen-bond acceptors (Lipinski definition) is 6. The maximum absolute atomic E-state index is 14.0. The third kappa shape index (κ3) is 7.84. The van der Waals surface area contributed by atoms with Gasteiger partial charge in [0.05, 0.1) is 34.8 Å². The largest absolute Gasteiger partial charge is 0.497 e. The molecule has 9 nitrogen and oxygen atoms in total. The van der Waals surface area contributed by atoms with E-state index < -0.39 is 34.4 Å². The summed E-state index contributed by atoms with van der Waals surface area (Å²) in [6.45, 7) is 4.56. The number of nitrogens with one attached hydrogen (secondary N) is 1. The van der Waals surface area contributed by atoms with Gasteiger partial charge in [-0.1, -0.05) is 41.4 Å². The van der Waals surface area contributed by atoms with Crippen LogP contribution in [-0.2, 0) is 26.2 Å². The Labute approximate surface area is 251 Å². The lowest BCUT2D eigenvalue weighted by molar-refractivity contribution is -0.139. The van der Waals surface area contributed by atoms with Crippen molar-refractivity contribution in [3.8, 4) is 11.5 Å². The number of rotatable bonds is 12. The zero-order valence-electron chi connectivity index (χ0n) is 23.4. The number of halogens is 2. The number of nitrogens with zero attached hydrogens (tertiary/aromatic N) is 2. The van der Waals surface area contributed by atoms with E-state index in [0.29, 0.717) is 16.3 Å². The molecule has 12 heteroatoms. The highest BCUT2D eigenvalue weighted by Gasteiger charge is 2.34. The van der Waals surface area contributed by atoms with Crippen molar-refractivity contribution in [1.29, 1.82) is 0 Å². The maximum Gasteiger partial charge on any atom is 0.264 e. The van der Waals surface area contributed by atoms with Gasteiger partial charge in [0.15, 0.2) is 0 Å². The first kappa shape index (κ1) is 32.0. The third-order valence-corrected chi connectivity index (χ3v) is 8.73. The van der Waals surface area contributed by atoms with Crippen LogP contribution in [-0.4, -0.2) is 58.0 Å². The van der Waals surface area contributed by atoms with Crippen LogP contribution in [0.3, 0.4) is 0 Å². The van der Waals surface area contributed by atoms with E-state index in [2.05, 4.69) is 5.32 Å². The number of amides is 2. The smallest absolute Gasteiger partial charge is 0.264 e. The Morgan fingerprint density at radius 3 is 2.15 bits per heavy atom. The van der Waals surface area contributed by atoms with E-state index >= 15 is 0 Å². The summed E-state index contributed by atoms with van der Waals surface area (Å²) in [5, 5.41) is 3.44. The predicted molar refractivity (Wildman–Crippen MR) is 160 cm³/mol. The molecule has 0 saturated carbocycles. The fourth-order valence-electron chi connectivity index (χ4n) is 4.05. The summed E-state index contributed by atoms with van der Waals surface area (Å²) in [7, 11) is -1.39. The molecular weight excluding hydrogens is 589 g/mol. The van der Waals surface area contributed by atoms with Gasteiger partial charge >= 0.3 is 0 Å². The van der Waals surface area contributed by atoms with E-state index in [0.717, 1.165) is 4.31 Å².